The average molecular weight is 485 g/mol. The first-order chi connectivity index (χ1) is 16.5. The second kappa shape index (κ2) is 11.5. The normalized spacial score (nSPS) is 18.6. The molecule has 1 aromatic heterocycles. The number of nitrogens with zero attached hydrogens (tertiary/aromatic N) is 2. The summed E-state index contributed by atoms with van der Waals surface area (Å²) in [5, 5.41) is 12.5. The monoisotopic (exact) mass is 484 g/mol. The molecule has 0 bridgehead atoms. The summed E-state index contributed by atoms with van der Waals surface area (Å²) in [7, 11) is 0. The fourth-order valence-corrected chi connectivity index (χ4v) is 5.59. The Kier molecular flexibility index (Phi) is 8.42. The lowest BCUT2D eigenvalue weighted by molar-refractivity contribution is -0.136. The molecule has 1 aromatic carbocycles. The highest BCUT2D eigenvalue weighted by molar-refractivity contribution is 7.10. The van der Waals surface area contributed by atoms with Gasteiger partial charge in [0, 0.05) is 24.0 Å². The van der Waals surface area contributed by atoms with E-state index in [-0.39, 0.29) is 18.6 Å². The second-order valence-electron chi connectivity index (χ2n) is 9.37. The minimum Gasteiger partial charge on any atom is -0.491 e. The lowest BCUT2D eigenvalue weighted by Crippen LogP contribution is -2.48. The number of benzene rings is 1. The molecule has 0 spiro atoms. The van der Waals surface area contributed by atoms with Crippen LogP contribution >= 0.6 is 11.3 Å². The number of amides is 1. The first-order valence-electron chi connectivity index (χ1n) is 12.1. The molecule has 6 nitrogen and oxygen atoms in total. The van der Waals surface area contributed by atoms with Crippen molar-refractivity contribution < 1.29 is 19.4 Å². The van der Waals surface area contributed by atoms with Crippen molar-refractivity contribution in [1.82, 2.24) is 9.80 Å². The SMILES string of the molecule is C=CCOC[C@@H](O)CN(CC(=O)N1CCc2sccc2[C@H]1COc1ccc(C)cc1C)C1CC1. The first kappa shape index (κ1) is 24.9. The molecule has 34 heavy (non-hydrogen) atoms. The maximum Gasteiger partial charge on any atom is 0.237 e. The summed E-state index contributed by atoms with van der Waals surface area (Å²) in [6, 6.07) is 8.58. The van der Waals surface area contributed by atoms with Gasteiger partial charge >= 0.3 is 0 Å². The lowest BCUT2D eigenvalue weighted by atomic mass is 10.00. The minimum absolute atomic E-state index is 0.0946. The van der Waals surface area contributed by atoms with Gasteiger partial charge in [-0.1, -0.05) is 23.8 Å². The fraction of sp³-hybridized carbons (Fsp3) is 0.519. The standard InChI is InChI=1S/C27H36N2O4S/c1-4-12-32-17-22(30)15-28(21-6-7-21)16-27(31)29-11-9-26-23(10-13-34-26)24(29)18-33-25-8-5-19(2)14-20(25)3/h4-5,8,10,13-14,21-22,24,30H,1,6-7,9,11-12,15-18H2,2-3H3/t22-,24+/m0/s1. The zero-order valence-electron chi connectivity index (χ0n) is 20.2. The Labute approximate surface area is 206 Å². The highest BCUT2D eigenvalue weighted by Gasteiger charge is 2.36. The van der Waals surface area contributed by atoms with Gasteiger partial charge in [0.05, 0.1) is 31.9 Å². The molecule has 2 atom stereocenters. The Morgan fingerprint density at radius 1 is 1.35 bits per heavy atom. The largest absolute Gasteiger partial charge is 0.491 e. The predicted octanol–water partition coefficient (Wildman–Crippen LogP) is 3.90. The maximum atomic E-state index is 13.6. The molecular formula is C27H36N2O4S. The first-order valence-corrected chi connectivity index (χ1v) is 13.0. The van der Waals surface area contributed by atoms with Crippen molar-refractivity contribution in [3.05, 3.63) is 63.9 Å². The Morgan fingerprint density at radius 3 is 2.91 bits per heavy atom. The van der Waals surface area contributed by atoms with Crippen LogP contribution in [-0.4, -0.2) is 72.4 Å². The van der Waals surface area contributed by atoms with Gasteiger partial charge in [0.15, 0.2) is 0 Å². The Morgan fingerprint density at radius 2 is 2.18 bits per heavy atom. The third kappa shape index (κ3) is 6.27. The zero-order valence-corrected chi connectivity index (χ0v) is 21.1. The molecule has 1 amide bonds. The van der Waals surface area contributed by atoms with E-state index < -0.39 is 6.10 Å². The van der Waals surface area contributed by atoms with Crippen LogP contribution in [0.4, 0.5) is 0 Å². The van der Waals surface area contributed by atoms with Gasteiger partial charge in [0.25, 0.3) is 0 Å². The fourth-order valence-electron chi connectivity index (χ4n) is 4.66. The van der Waals surface area contributed by atoms with Crippen LogP contribution in [0.3, 0.4) is 0 Å². The summed E-state index contributed by atoms with van der Waals surface area (Å²) >= 11 is 1.76. The van der Waals surface area contributed by atoms with Crippen molar-refractivity contribution in [2.75, 3.05) is 39.5 Å². The van der Waals surface area contributed by atoms with Gasteiger partial charge in [0.2, 0.25) is 5.91 Å². The van der Waals surface area contributed by atoms with Crippen molar-refractivity contribution in [2.24, 2.45) is 0 Å². The van der Waals surface area contributed by atoms with Gasteiger partial charge in [-0.3, -0.25) is 9.69 Å². The summed E-state index contributed by atoms with van der Waals surface area (Å²) < 4.78 is 11.7. The van der Waals surface area contributed by atoms with Crippen LogP contribution < -0.4 is 4.74 Å². The number of carbonyl (C=O) groups is 1. The van der Waals surface area contributed by atoms with Crippen molar-refractivity contribution in [1.29, 1.82) is 0 Å². The molecule has 1 saturated carbocycles. The summed E-state index contributed by atoms with van der Waals surface area (Å²) in [5.41, 5.74) is 3.51. The van der Waals surface area contributed by atoms with Crippen molar-refractivity contribution in [3.8, 4) is 5.75 Å². The van der Waals surface area contributed by atoms with Crippen LogP contribution in [-0.2, 0) is 16.0 Å². The molecule has 0 saturated heterocycles. The summed E-state index contributed by atoms with van der Waals surface area (Å²) in [5.74, 6) is 0.958. The number of aliphatic hydroxyl groups excluding tert-OH is 1. The Balaban J connectivity index is 1.43. The molecule has 4 rings (SSSR count). The van der Waals surface area contributed by atoms with Crippen LogP contribution in [0.15, 0.2) is 42.3 Å². The van der Waals surface area contributed by atoms with Crippen LogP contribution in [0.25, 0.3) is 0 Å². The van der Waals surface area contributed by atoms with Crippen molar-refractivity contribution in [2.45, 2.75) is 51.3 Å². The van der Waals surface area contributed by atoms with E-state index in [4.69, 9.17) is 9.47 Å². The van der Waals surface area contributed by atoms with Gasteiger partial charge < -0.3 is 19.5 Å². The quantitative estimate of drug-likeness (QED) is 0.366. The van der Waals surface area contributed by atoms with Crippen LogP contribution in [0.2, 0.25) is 0 Å². The number of fused-ring (bicyclic) bond motifs is 1. The number of thiophene rings is 1. The van der Waals surface area contributed by atoms with E-state index in [0.29, 0.717) is 38.9 Å². The lowest BCUT2D eigenvalue weighted by Gasteiger charge is -2.37. The van der Waals surface area contributed by atoms with Gasteiger partial charge in [-0.15, -0.1) is 17.9 Å². The zero-order chi connectivity index (χ0) is 24.1. The molecule has 2 aromatic rings. The molecule has 7 heteroatoms. The van der Waals surface area contributed by atoms with Crippen LogP contribution in [0.1, 0.15) is 40.5 Å². The van der Waals surface area contributed by atoms with Gasteiger partial charge in [0.1, 0.15) is 12.4 Å². The van der Waals surface area contributed by atoms with E-state index in [1.54, 1.807) is 17.4 Å². The maximum absolute atomic E-state index is 13.6. The molecule has 1 N–H and O–H groups in total. The molecule has 1 aliphatic heterocycles. The van der Waals surface area contributed by atoms with E-state index in [1.807, 2.05) is 11.0 Å². The van der Waals surface area contributed by atoms with E-state index in [0.717, 1.165) is 30.6 Å². The Bertz CT molecular complexity index is 987. The van der Waals surface area contributed by atoms with E-state index in [2.05, 4.69) is 48.9 Å². The Hall–Kier alpha value is -2.19. The summed E-state index contributed by atoms with van der Waals surface area (Å²) in [6.07, 6.45) is 4.06. The average Bonchev–Trinajstić information content (AvgIpc) is 3.54. The molecule has 2 aliphatic rings. The van der Waals surface area contributed by atoms with Crippen molar-refractivity contribution in [3.63, 3.8) is 0 Å². The van der Waals surface area contributed by atoms with Crippen LogP contribution in [0, 0.1) is 13.8 Å². The molecule has 0 unspecified atom stereocenters. The minimum atomic E-state index is -0.623. The van der Waals surface area contributed by atoms with Gasteiger partial charge in [-0.2, -0.15) is 0 Å². The molecule has 184 valence electrons. The van der Waals surface area contributed by atoms with E-state index in [9.17, 15) is 9.90 Å². The number of ether oxygens (including phenoxy) is 2. The number of aliphatic hydroxyl groups is 1. The van der Waals surface area contributed by atoms with E-state index in [1.165, 1.54) is 16.0 Å². The number of hydrogen-bond donors (Lipinski definition) is 1. The molecule has 1 fully saturated rings. The number of hydrogen-bond acceptors (Lipinski definition) is 6. The smallest absolute Gasteiger partial charge is 0.237 e. The molecule has 0 radical (unpaired) electrons. The van der Waals surface area contributed by atoms with Gasteiger partial charge in [-0.05, 0) is 61.7 Å². The van der Waals surface area contributed by atoms with Crippen LogP contribution in [0.5, 0.6) is 5.75 Å². The second-order valence-corrected chi connectivity index (χ2v) is 10.4. The van der Waals surface area contributed by atoms with Crippen molar-refractivity contribution >= 4 is 17.2 Å². The van der Waals surface area contributed by atoms with E-state index >= 15 is 0 Å². The predicted molar refractivity (Wildman–Crippen MR) is 136 cm³/mol. The number of aryl methyl sites for hydroxylation is 2. The summed E-state index contributed by atoms with van der Waals surface area (Å²) in [6.45, 7) is 10.3. The molecule has 2 heterocycles. The summed E-state index contributed by atoms with van der Waals surface area (Å²) in [4.78, 5) is 19.0. The third-order valence-electron chi connectivity index (χ3n) is 6.54. The van der Waals surface area contributed by atoms with Gasteiger partial charge in [-0.25, -0.2) is 0 Å². The number of carbonyl (C=O) groups excluding carboxylic acids is 1. The number of rotatable bonds is 12. The highest BCUT2D eigenvalue weighted by atomic mass is 32.1. The molecular weight excluding hydrogens is 448 g/mol. The third-order valence-corrected chi connectivity index (χ3v) is 7.53. The highest BCUT2D eigenvalue weighted by Crippen LogP contribution is 2.35. The molecule has 1 aliphatic carbocycles. The topological polar surface area (TPSA) is 62.2 Å².